The van der Waals surface area contributed by atoms with Crippen molar-refractivity contribution < 1.29 is 9.53 Å². The molecule has 16 heavy (non-hydrogen) atoms. The molecule has 1 aliphatic rings. The number of thiocarbonyl (C=S) groups is 1. The molecule has 0 aromatic rings. The van der Waals surface area contributed by atoms with Crippen molar-refractivity contribution in [2.45, 2.75) is 31.8 Å². The first-order chi connectivity index (χ1) is 7.61. The van der Waals surface area contributed by atoms with E-state index in [1.54, 1.807) is 7.11 Å². The van der Waals surface area contributed by atoms with Gasteiger partial charge in [-0.25, -0.2) is 0 Å². The fraction of sp³-hybridized carbons (Fsp3) is 0.800. The molecule has 1 unspecified atom stereocenters. The molecule has 3 N–H and O–H groups in total. The molecule has 1 atom stereocenters. The summed E-state index contributed by atoms with van der Waals surface area (Å²) >= 11 is 5.03. The molecule has 0 radical (unpaired) electrons. The van der Waals surface area contributed by atoms with Crippen molar-refractivity contribution in [3.05, 3.63) is 0 Å². The van der Waals surface area contributed by atoms with E-state index in [2.05, 4.69) is 16.0 Å². The lowest BCUT2D eigenvalue weighted by Gasteiger charge is -2.15. The first kappa shape index (κ1) is 13.2. The Labute approximate surface area is 101 Å². The van der Waals surface area contributed by atoms with Crippen LogP contribution < -0.4 is 16.0 Å². The van der Waals surface area contributed by atoms with E-state index in [1.165, 1.54) is 0 Å². The molecule has 0 aromatic carbocycles. The second-order valence-corrected chi connectivity index (χ2v) is 4.43. The van der Waals surface area contributed by atoms with Crippen molar-refractivity contribution in [1.29, 1.82) is 0 Å². The fourth-order valence-electron chi connectivity index (χ4n) is 1.23. The highest BCUT2D eigenvalue weighted by atomic mass is 32.1. The molecule has 1 amide bonds. The summed E-state index contributed by atoms with van der Waals surface area (Å²) in [5, 5.41) is 9.23. The van der Waals surface area contributed by atoms with E-state index >= 15 is 0 Å². The van der Waals surface area contributed by atoms with Crippen LogP contribution in [0.25, 0.3) is 0 Å². The quantitative estimate of drug-likeness (QED) is 0.564. The molecule has 5 nitrogen and oxygen atoms in total. The first-order valence-corrected chi connectivity index (χ1v) is 5.85. The van der Waals surface area contributed by atoms with Gasteiger partial charge in [0.1, 0.15) is 0 Å². The SMILES string of the molecule is COCC(C)NC(=S)NCC(=O)NC1CC1. The van der Waals surface area contributed by atoms with Crippen molar-refractivity contribution in [3.63, 3.8) is 0 Å². The van der Waals surface area contributed by atoms with Crippen molar-refractivity contribution in [1.82, 2.24) is 16.0 Å². The summed E-state index contributed by atoms with van der Waals surface area (Å²) in [6.07, 6.45) is 2.19. The number of hydrogen-bond donors (Lipinski definition) is 3. The Morgan fingerprint density at radius 1 is 1.56 bits per heavy atom. The van der Waals surface area contributed by atoms with E-state index < -0.39 is 0 Å². The lowest BCUT2D eigenvalue weighted by atomic mass is 10.4. The average Bonchev–Trinajstić information content (AvgIpc) is 2.99. The fourth-order valence-corrected chi connectivity index (χ4v) is 1.51. The lowest BCUT2D eigenvalue weighted by Crippen LogP contribution is -2.46. The molecule has 1 aliphatic carbocycles. The minimum absolute atomic E-state index is 0.00829. The Bertz CT molecular complexity index is 256. The number of carbonyl (C=O) groups excluding carboxylic acids is 1. The maximum atomic E-state index is 11.3. The van der Waals surface area contributed by atoms with Crippen molar-refractivity contribution >= 4 is 23.2 Å². The summed E-state index contributed by atoms with van der Waals surface area (Å²) < 4.78 is 4.96. The van der Waals surface area contributed by atoms with Gasteiger partial charge in [-0.2, -0.15) is 0 Å². The van der Waals surface area contributed by atoms with E-state index in [9.17, 15) is 4.79 Å². The van der Waals surface area contributed by atoms with Gasteiger partial charge in [-0.1, -0.05) is 0 Å². The van der Waals surface area contributed by atoms with Gasteiger partial charge in [0, 0.05) is 19.2 Å². The zero-order valence-electron chi connectivity index (χ0n) is 9.71. The van der Waals surface area contributed by atoms with E-state index in [-0.39, 0.29) is 18.5 Å². The monoisotopic (exact) mass is 245 g/mol. The molecule has 1 saturated carbocycles. The maximum Gasteiger partial charge on any atom is 0.239 e. The van der Waals surface area contributed by atoms with E-state index in [0.717, 1.165) is 12.8 Å². The highest BCUT2D eigenvalue weighted by Crippen LogP contribution is 2.18. The van der Waals surface area contributed by atoms with Crippen LogP contribution in [0.2, 0.25) is 0 Å². The van der Waals surface area contributed by atoms with Gasteiger partial charge in [-0.3, -0.25) is 4.79 Å². The molecule has 0 spiro atoms. The molecular weight excluding hydrogens is 226 g/mol. The van der Waals surface area contributed by atoms with Gasteiger partial charge in [0.05, 0.1) is 13.2 Å². The maximum absolute atomic E-state index is 11.3. The molecular formula is C10H19N3O2S. The van der Waals surface area contributed by atoms with E-state index in [1.807, 2.05) is 6.92 Å². The van der Waals surface area contributed by atoms with Crippen LogP contribution in [0.5, 0.6) is 0 Å². The molecule has 1 fully saturated rings. The van der Waals surface area contributed by atoms with Gasteiger partial charge >= 0.3 is 0 Å². The molecule has 6 heteroatoms. The van der Waals surface area contributed by atoms with Gasteiger partial charge < -0.3 is 20.7 Å². The van der Waals surface area contributed by atoms with Crippen molar-refractivity contribution in [3.8, 4) is 0 Å². The number of methoxy groups -OCH3 is 1. The highest BCUT2D eigenvalue weighted by Gasteiger charge is 2.22. The zero-order valence-corrected chi connectivity index (χ0v) is 10.5. The van der Waals surface area contributed by atoms with E-state index in [0.29, 0.717) is 17.8 Å². The Kier molecular flexibility index (Phi) is 5.48. The Hall–Kier alpha value is -0.880. The Morgan fingerprint density at radius 3 is 2.81 bits per heavy atom. The van der Waals surface area contributed by atoms with Gasteiger partial charge in [0.25, 0.3) is 0 Å². The van der Waals surface area contributed by atoms with Crippen LogP contribution in [0, 0.1) is 0 Å². The molecule has 0 aliphatic heterocycles. The van der Waals surface area contributed by atoms with Crippen LogP contribution in [0.4, 0.5) is 0 Å². The minimum Gasteiger partial charge on any atom is -0.383 e. The average molecular weight is 245 g/mol. The highest BCUT2D eigenvalue weighted by molar-refractivity contribution is 7.80. The molecule has 0 bridgehead atoms. The third-order valence-corrected chi connectivity index (χ3v) is 2.41. The number of amides is 1. The third-order valence-electron chi connectivity index (χ3n) is 2.15. The van der Waals surface area contributed by atoms with Gasteiger partial charge in [0.15, 0.2) is 5.11 Å². The van der Waals surface area contributed by atoms with Crippen LogP contribution in [0.3, 0.4) is 0 Å². The Balaban J connectivity index is 2.06. The van der Waals surface area contributed by atoms with Crippen LogP contribution in [-0.4, -0.2) is 43.4 Å². The topological polar surface area (TPSA) is 62.4 Å². The summed E-state index contributed by atoms with van der Waals surface area (Å²) in [5.41, 5.74) is 0. The molecule has 0 heterocycles. The van der Waals surface area contributed by atoms with Crippen LogP contribution >= 0.6 is 12.2 Å². The summed E-state index contributed by atoms with van der Waals surface area (Å²) in [4.78, 5) is 11.3. The number of hydrogen-bond acceptors (Lipinski definition) is 3. The molecule has 1 rings (SSSR count). The van der Waals surface area contributed by atoms with E-state index in [4.69, 9.17) is 17.0 Å². The standard InChI is InChI=1S/C10H19N3O2S/c1-7(6-15-2)12-10(16)11-5-9(14)13-8-3-4-8/h7-8H,3-6H2,1-2H3,(H,13,14)(H2,11,12,16). The van der Waals surface area contributed by atoms with Crippen LogP contribution in [0.15, 0.2) is 0 Å². The largest absolute Gasteiger partial charge is 0.383 e. The third kappa shape index (κ3) is 5.87. The van der Waals surface area contributed by atoms with Crippen LogP contribution in [0.1, 0.15) is 19.8 Å². The minimum atomic E-state index is -0.00829. The summed E-state index contributed by atoms with van der Waals surface area (Å²) in [6.45, 7) is 2.76. The zero-order chi connectivity index (χ0) is 12.0. The second kappa shape index (κ2) is 6.65. The molecule has 0 saturated heterocycles. The molecule has 92 valence electrons. The molecule has 0 aromatic heterocycles. The van der Waals surface area contributed by atoms with Crippen molar-refractivity contribution in [2.75, 3.05) is 20.3 Å². The van der Waals surface area contributed by atoms with Gasteiger partial charge in [-0.05, 0) is 32.0 Å². The number of ether oxygens (including phenoxy) is 1. The van der Waals surface area contributed by atoms with Crippen LogP contribution in [-0.2, 0) is 9.53 Å². The van der Waals surface area contributed by atoms with Crippen molar-refractivity contribution in [2.24, 2.45) is 0 Å². The summed E-state index contributed by atoms with van der Waals surface area (Å²) in [7, 11) is 1.64. The normalized spacial score (nSPS) is 16.4. The second-order valence-electron chi connectivity index (χ2n) is 4.03. The summed E-state index contributed by atoms with van der Waals surface area (Å²) in [5.74, 6) is -0.00829. The predicted molar refractivity (Wildman–Crippen MR) is 66.2 cm³/mol. The predicted octanol–water partition coefficient (Wildman–Crippen LogP) is -0.236. The van der Waals surface area contributed by atoms with Gasteiger partial charge in [0.2, 0.25) is 5.91 Å². The summed E-state index contributed by atoms with van der Waals surface area (Å²) in [6, 6.07) is 0.528. The smallest absolute Gasteiger partial charge is 0.239 e. The Morgan fingerprint density at radius 2 is 2.25 bits per heavy atom. The number of rotatable bonds is 6. The number of carbonyl (C=O) groups is 1. The van der Waals surface area contributed by atoms with Gasteiger partial charge in [-0.15, -0.1) is 0 Å². The first-order valence-electron chi connectivity index (χ1n) is 5.44. The lowest BCUT2D eigenvalue weighted by molar-refractivity contribution is -0.120. The number of nitrogens with one attached hydrogen (secondary N) is 3.